The number of allylic oxidation sites excluding steroid dienone is 1. The van der Waals surface area contributed by atoms with E-state index in [0.717, 1.165) is 0 Å². The fraction of sp³-hybridized carbons (Fsp3) is 0. The lowest BCUT2D eigenvalue weighted by molar-refractivity contribution is 0.102. The van der Waals surface area contributed by atoms with Crippen molar-refractivity contribution < 1.29 is 9.21 Å². The van der Waals surface area contributed by atoms with Crippen LogP contribution in [0.1, 0.15) is 16.1 Å². The molecule has 2 rings (SSSR count). The summed E-state index contributed by atoms with van der Waals surface area (Å²) in [5.74, 6) is 0.0745. The van der Waals surface area contributed by atoms with Gasteiger partial charge in [0.1, 0.15) is 0 Å². The Bertz CT molecular complexity index is 557. The van der Waals surface area contributed by atoms with Gasteiger partial charge in [0.25, 0.3) is 0 Å². The zero-order valence-corrected chi connectivity index (χ0v) is 10.2. The molecule has 0 amide bonds. The van der Waals surface area contributed by atoms with E-state index in [1.165, 1.54) is 12.3 Å². The molecule has 0 radical (unpaired) electrons. The Morgan fingerprint density at radius 1 is 1.24 bits per heavy atom. The van der Waals surface area contributed by atoms with E-state index in [1.807, 2.05) is 0 Å². The van der Waals surface area contributed by atoms with Gasteiger partial charge in [-0.15, -0.1) is 0 Å². The number of benzene rings is 1. The Morgan fingerprint density at radius 3 is 2.76 bits per heavy atom. The van der Waals surface area contributed by atoms with E-state index in [9.17, 15) is 4.79 Å². The predicted octanol–water partition coefficient (Wildman–Crippen LogP) is 4.48. The number of rotatable bonds is 3. The molecular formula is C13H8Cl2O2. The van der Waals surface area contributed by atoms with Gasteiger partial charge in [-0.2, -0.15) is 0 Å². The van der Waals surface area contributed by atoms with Crippen LogP contribution in [0.3, 0.4) is 0 Å². The van der Waals surface area contributed by atoms with Gasteiger partial charge in [-0.25, -0.2) is 0 Å². The molecule has 0 bridgehead atoms. The summed E-state index contributed by atoms with van der Waals surface area (Å²) in [6, 6.07) is 8.33. The van der Waals surface area contributed by atoms with Crippen LogP contribution in [-0.4, -0.2) is 5.78 Å². The number of hydrogen-bond acceptors (Lipinski definition) is 2. The summed E-state index contributed by atoms with van der Waals surface area (Å²) in [6.07, 6.45) is 4.46. The summed E-state index contributed by atoms with van der Waals surface area (Å²) in [4.78, 5) is 11.6. The van der Waals surface area contributed by atoms with Crippen molar-refractivity contribution in [3.8, 4) is 0 Å². The molecule has 1 heterocycles. The van der Waals surface area contributed by atoms with Gasteiger partial charge < -0.3 is 4.42 Å². The van der Waals surface area contributed by atoms with Gasteiger partial charge in [0, 0.05) is 10.0 Å². The fourth-order valence-corrected chi connectivity index (χ4v) is 1.67. The normalized spacial score (nSPS) is 10.9. The molecule has 0 N–H and O–H groups in total. The summed E-state index contributed by atoms with van der Waals surface area (Å²) in [6.45, 7) is 0. The molecule has 0 aliphatic heterocycles. The smallest absolute Gasteiger partial charge is 0.221 e. The third-order valence-electron chi connectivity index (χ3n) is 2.14. The molecule has 1 aromatic carbocycles. The highest BCUT2D eigenvalue weighted by molar-refractivity contribution is 6.34. The fourth-order valence-electron chi connectivity index (χ4n) is 1.31. The van der Waals surface area contributed by atoms with Crippen LogP contribution < -0.4 is 0 Å². The van der Waals surface area contributed by atoms with Gasteiger partial charge in [-0.3, -0.25) is 4.79 Å². The van der Waals surface area contributed by atoms with Crippen molar-refractivity contribution in [3.63, 3.8) is 0 Å². The number of halogens is 2. The highest BCUT2D eigenvalue weighted by Gasteiger charge is 2.04. The molecule has 4 heteroatoms. The Kier molecular flexibility index (Phi) is 3.67. The van der Waals surface area contributed by atoms with Crippen molar-refractivity contribution in [3.05, 3.63) is 64.0 Å². The summed E-state index contributed by atoms with van der Waals surface area (Å²) >= 11 is 11.8. The van der Waals surface area contributed by atoms with Crippen LogP contribution in [0.15, 0.2) is 47.1 Å². The van der Waals surface area contributed by atoms with Crippen molar-refractivity contribution >= 4 is 35.1 Å². The van der Waals surface area contributed by atoms with E-state index in [1.54, 1.807) is 36.4 Å². The maximum Gasteiger partial charge on any atom is 0.221 e. The van der Waals surface area contributed by atoms with Crippen LogP contribution in [0, 0.1) is 0 Å². The molecule has 17 heavy (non-hydrogen) atoms. The van der Waals surface area contributed by atoms with Gasteiger partial charge in [-0.05, 0) is 48.0 Å². The van der Waals surface area contributed by atoms with Crippen molar-refractivity contribution in [1.82, 2.24) is 0 Å². The second-order valence-corrected chi connectivity index (χ2v) is 4.18. The molecule has 0 fully saturated rings. The Hall–Kier alpha value is -1.51. The van der Waals surface area contributed by atoms with Crippen molar-refractivity contribution in [1.29, 1.82) is 0 Å². The van der Waals surface area contributed by atoms with E-state index in [4.69, 9.17) is 27.6 Å². The molecule has 0 saturated carbocycles. The largest absolute Gasteiger partial charge is 0.461 e. The minimum Gasteiger partial charge on any atom is -0.461 e. The number of carbonyl (C=O) groups is 1. The second-order valence-electron chi connectivity index (χ2n) is 3.34. The van der Waals surface area contributed by atoms with Crippen molar-refractivity contribution in [2.45, 2.75) is 0 Å². The highest BCUT2D eigenvalue weighted by Crippen LogP contribution is 2.22. The molecule has 2 aromatic rings. The van der Waals surface area contributed by atoms with E-state index < -0.39 is 0 Å². The third kappa shape index (κ3) is 2.99. The third-order valence-corrected chi connectivity index (χ3v) is 2.72. The number of carbonyl (C=O) groups excluding carboxylic acids is 1. The van der Waals surface area contributed by atoms with Gasteiger partial charge in [0.05, 0.1) is 6.26 Å². The van der Waals surface area contributed by atoms with E-state index >= 15 is 0 Å². The molecule has 0 aliphatic carbocycles. The average Bonchev–Trinajstić information content (AvgIpc) is 2.83. The van der Waals surface area contributed by atoms with E-state index in [2.05, 4.69) is 0 Å². The van der Waals surface area contributed by atoms with Gasteiger partial charge in [0.2, 0.25) is 5.78 Å². The quantitative estimate of drug-likeness (QED) is 0.606. The lowest BCUT2D eigenvalue weighted by Gasteiger charge is -1.98. The summed E-state index contributed by atoms with van der Waals surface area (Å²) in [7, 11) is 0. The molecule has 0 atom stereocenters. The first-order valence-corrected chi connectivity index (χ1v) is 5.63. The minimum absolute atomic E-state index is 0.217. The molecule has 0 saturated heterocycles. The summed E-state index contributed by atoms with van der Waals surface area (Å²) < 4.78 is 4.98. The predicted molar refractivity (Wildman–Crippen MR) is 68.5 cm³/mol. The Morgan fingerprint density at radius 2 is 2.06 bits per heavy atom. The zero-order valence-electron chi connectivity index (χ0n) is 8.69. The molecule has 86 valence electrons. The van der Waals surface area contributed by atoms with Crippen LogP contribution >= 0.6 is 23.2 Å². The SMILES string of the molecule is O=C(/C=C/c1cc(Cl)ccc1Cl)c1ccco1. The standard InChI is InChI=1S/C13H8Cl2O2/c14-10-4-5-11(15)9(8-10)3-6-12(16)13-2-1-7-17-13/h1-8H/b6-3+. The lowest BCUT2D eigenvalue weighted by Crippen LogP contribution is -1.90. The van der Waals surface area contributed by atoms with Crippen LogP contribution in [0.4, 0.5) is 0 Å². The van der Waals surface area contributed by atoms with Gasteiger partial charge in [0.15, 0.2) is 5.76 Å². The zero-order chi connectivity index (χ0) is 12.3. The first-order valence-electron chi connectivity index (χ1n) is 4.88. The van der Waals surface area contributed by atoms with Gasteiger partial charge in [-0.1, -0.05) is 23.2 Å². The monoisotopic (exact) mass is 266 g/mol. The number of ketones is 1. The van der Waals surface area contributed by atoms with Gasteiger partial charge >= 0.3 is 0 Å². The van der Waals surface area contributed by atoms with E-state index in [-0.39, 0.29) is 5.78 Å². The first kappa shape index (κ1) is 12.0. The topological polar surface area (TPSA) is 30.2 Å². The molecule has 1 aromatic heterocycles. The van der Waals surface area contributed by atoms with Crippen molar-refractivity contribution in [2.75, 3.05) is 0 Å². The molecule has 0 aliphatic rings. The van der Waals surface area contributed by atoms with Crippen LogP contribution in [0.2, 0.25) is 10.0 Å². The Labute approximate surface area is 108 Å². The maximum absolute atomic E-state index is 11.6. The molecule has 0 unspecified atom stereocenters. The summed E-state index contributed by atoms with van der Waals surface area (Å²) in [5, 5.41) is 1.11. The molecule has 0 spiro atoms. The Balaban J connectivity index is 2.21. The van der Waals surface area contributed by atoms with E-state index in [0.29, 0.717) is 21.4 Å². The summed E-state index contributed by atoms with van der Waals surface area (Å²) in [5.41, 5.74) is 0.694. The van der Waals surface area contributed by atoms with Crippen LogP contribution in [0.25, 0.3) is 6.08 Å². The van der Waals surface area contributed by atoms with Crippen LogP contribution in [0.5, 0.6) is 0 Å². The second kappa shape index (κ2) is 5.21. The highest BCUT2D eigenvalue weighted by atomic mass is 35.5. The number of hydrogen-bond donors (Lipinski definition) is 0. The van der Waals surface area contributed by atoms with Crippen LogP contribution in [-0.2, 0) is 0 Å². The maximum atomic E-state index is 11.6. The lowest BCUT2D eigenvalue weighted by atomic mass is 10.2. The minimum atomic E-state index is -0.217. The molecular weight excluding hydrogens is 259 g/mol. The first-order chi connectivity index (χ1) is 8.16. The van der Waals surface area contributed by atoms with Crippen molar-refractivity contribution in [2.24, 2.45) is 0 Å². The number of furan rings is 1. The average molecular weight is 267 g/mol. The molecule has 2 nitrogen and oxygen atoms in total.